The van der Waals surface area contributed by atoms with Crippen LogP contribution in [0, 0.1) is 24.7 Å². The zero-order valence-electron chi connectivity index (χ0n) is 14.2. The molecule has 1 heterocycles. The number of carbonyl (C=O) groups excluding carboxylic acids is 1. The van der Waals surface area contributed by atoms with Crippen LogP contribution in [0.4, 0.5) is 5.82 Å². The summed E-state index contributed by atoms with van der Waals surface area (Å²) in [7, 11) is 0. The number of aryl methyl sites for hydroxylation is 1. The van der Waals surface area contributed by atoms with Crippen molar-refractivity contribution in [3.63, 3.8) is 0 Å². The predicted octanol–water partition coefficient (Wildman–Crippen LogP) is 4.00. The quantitative estimate of drug-likeness (QED) is 0.904. The van der Waals surface area contributed by atoms with Gasteiger partial charge >= 0.3 is 0 Å². The summed E-state index contributed by atoms with van der Waals surface area (Å²) in [6, 6.07) is 10.3. The molecule has 2 aromatic rings. The Hall–Kier alpha value is -2.10. The third kappa shape index (κ3) is 3.37. The lowest BCUT2D eigenvalue weighted by Crippen LogP contribution is -2.20. The average Bonchev–Trinajstić information content (AvgIpc) is 3.27. The van der Waals surface area contributed by atoms with Crippen molar-refractivity contribution in [2.24, 2.45) is 17.8 Å². The van der Waals surface area contributed by atoms with Crippen molar-refractivity contribution < 1.29 is 4.79 Å². The molecule has 1 N–H and O–H groups in total. The highest BCUT2D eigenvalue weighted by Crippen LogP contribution is 2.49. The topological polar surface area (TPSA) is 46.9 Å². The van der Waals surface area contributed by atoms with Gasteiger partial charge in [0, 0.05) is 18.7 Å². The van der Waals surface area contributed by atoms with E-state index in [0.29, 0.717) is 18.2 Å². The number of nitrogens with zero attached hydrogens (tertiary/aromatic N) is 2. The monoisotopic (exact) mass is 323 g/mol. The molecule has 4 nitrogen and oxygen atoms in total. The fraction of sp³-hybridized carbons (Fsp3) is 0.500. The molecule has 0 radical (unpaired) electrons. The van der Waals surface area contributed by atoms with Crippen LogP contribution in [0.25, 0.3) is 0 Å². The number of anilines is 1. The van der Waals surface area contributed by atoms with Crippen LogP contribution in [0.5, 0.6) is 0 Å². The number of benzene rings is 1. The number of rotatable bonds is 5. The molecule has 4 heteroatoms. The molecule has 2 saturated carbocycles. The van der Waals surface area contributed by atoms with Crippen LogP contribution in [-0.4, -0.2) is 15.7 Å². The van der Waals surface area contributed by atoms with Gasteiger partial charge in [0.05, 0.1) is 6.54 Å². The Kier molecular flexibility index (Phi) is 4.13. The maximum absolute atomic E-state index is 12.3. The highest BCUT2D eigenvalue weighted by molar-refractivity contribution is 5.89. The van der Waals surface area contributed by atoms with E-state index in [1.165, 1.54) is 36.8 Å². The van der Waals surface area contributed by atoms with E-state index in [-0.39, 0.29) is 5.91 Å². The van der Waals surface area contributed by atoms with Crippen molar-refractivity contribution in [3.8, 4) is 0 Å². The Morgan fingerprint density at radius 3 is 2.75 bits per heavy atom. The molecule has 1 aromatic heterocycles. The summed E-state index contributed by atoms with van der Waals surface area (Å²) < 4.78 is 1.87. The largest absolute Gasteiger partial charge is 0.309 e. The standard InChI is InChI=1S/C20H25N3O/c1-14-2-4-15(5-3-14)13-23-9-8-19(22-23)21-20(24)12-18-11-16-6-7-17(18)10-16/h2-5,8-9,16-18H,6-7,10-13H2,1H3,(H,21,22,24). The first-order valence-corrected chi connectivity index (χ1v) is 9.04. The SMILES string of the molecule is Cc1ccc(Cn2ccc(NC(=O)CC3CC4CCC3C4)n2)cc1. The van der Waals surface area contributed by atoms with E-state index < -0.39 is 0 Å². The number of hydrogen-bond acceptors (Lipinski definition) is 2. The van der Waals surface area contributed by atoms with Gasteiger partial charge in [-0.3, -0.25) is 9.48 Å². The van der Waals surface area contributed by atoms with Crippen molar-refractivity contribution >= 4 is 11.7 Å². The van der Waals surface area contributed by atoms with E-state index in [0.717, 1.165) is 18.4 Å². The van der Waals surface area contributed by atoms with Gasteiger partial charge in [-0.1, -0.05) is 36.2 Å². The first-order chi connectivity index (χ1) is 11.7. The highest BCUT2D eigenvalue weighted by atomic mass is 16.1. The molecule has 2 aliphatic carbocycles. The van der Waals surface area contributed by atoms with Crippen LogP contribution in [0.3, 0.4) is 0 Å². The minimum atomic E-state index is 0.119. The van der Waals surface area contributed by atoms with Gasteiger partial charge in [-0.25, -0.2) is 0 Å². The van der Waals surface area contributed by atoms with Crippen LogP contribution >= 0.6 is 0 Å². The molecule has 24 heavy (non-hydrogen) atoms. The Bertz CT molecular complexity index is 719. The van der Waals surface area contributed by atoms with Crippen molar-refractivity contribution in [2.45, 2.75) is 45.6 Å². The molecule has 1 amide bonds. The minimum Gasteiger partial charge on any atom is -0.309 e. The van der Waals surface area contributed by atoms with Crippen LogP contribution < -0.4 is 5.32 Å². The van der Waals surface area contributed by atoms with Crippen LogP contribution in [0.1, 0.15) is 43.2 Å². The smallest absolute Gasteiger partial charge is 0.225 e. The van der Waals surface area contributed by atoms with Crippen molar-refractivity contribution in [3.05, 3.63) is 47.7 Å². The molecule has 0 spiro atoms. The Morgan fingerprint density at radius 1 is 1.21 bits per heavy atom. The van der Waals surface area contributed by atoms with E-state index in [1.54, 1.807) is 0 Å². The molecule has 0 aliphatic heterocycles. The summed E-state index contributed by atoms with van der Waals surface area (Å²) in [5.41, 5.74) is 2.47. The fourth-order valence-corrected chi connectivity index (χ4v) is 4.46. The summed E-state index contributed by atoms with van der Waals surface area (Å²) in [4.78, 5) is 12.3. The average molecular weight is 323 g/mol. The van der Waals surface area contributed by atoms with Crippen LogP contribution in [-0.2, 0) is 11.3 Å². The molecule has 1 aromatic carbocycles. The van der Waals surface area contributed by atoms with E-state index >= 15 is 0 Å². The Labute approximate surface area is 143 Å². The molecule has 4 rings (SSSR count). The van der Waals surface area contributed by atoms with E-state index in [1.807, 2.05) is 16.9 Å². The lowest BCUT2D eigenvalue weighted by molar-refractivity contribution is -0.117. The first-order valence-electron chi connectivity index (χ1n) is 9.04. The van der Waals surface area contributed by atoms with Crippen molar-refractivity contribution in [1.82, 2.24) is 9.78 Å². The number of carbonyl (C=O) groups is 1. The zero-order valence-corrected chi connectivity index (χ0v) is 14.2. The number of hydrogen-bond donors (Lipinski definition) is 1. The van der Waals surface area contributed by atoms with Gasteiger partial charge < -0.3 is 5.32 Å². The van der Waals surface area contributed by atoms with Crippen molar-refractivity contribution in [1.29, 1.82) is 0 Å². The van der Waals surface area contributed by atoms with Gasteiger partial charge in [0.25, 0.3) is 0 Å². The predicted molar refractivity (Wildman–Crippen MR) is 94.7 cm³/mol. The summed E-state index contributed by atoms with van der Waals surface area (Å²) >= 11 is 0. The molecule has 2 fully saturated rings. The van der Waals surface area contributed by atoms with Crippen molar-refractivity contribution in [2.75, 3.05) is 5.32 Å². The molecule has 3 unspecified atom stereocenters. The van der Waals surface area contributed by atoms with Gasteiger partial charge in [-0.2, -0.15) is 5.10 Å². The molecule has 2 bridgehead atoms. The number of nitrogens with one attached hydrogen (secondary N) is 1. The molecule has 2 aliphatic rings. The lowest BCUT2D eigenvalue weighted by atomic mass is 9.86. The second-order valence-corrected chi connectivity index (χ2v) is 7.57. The maximum Gasteiger partial charge on any atom is 0.225 e. The first kappa shape index (κ1) is 15.4. The summed E-state index contributed by atoms with van der Waals surface area (Å²) in [5, 5.41) is 7.45. The third-order valence-corrected chi connectivity index (χ3v) is 5.71. The minimum absolute atomic E-state index is 0.119. The molecule has 0 saturated heterocycles. The van der Waals surface area contributed by atoms with E-state index in [9.17, 15) is 4.79 Å². The molecular weight excluding hydrogens is 298 g/mol. The van der Waals surface area contributed by atoms with E-state index in [4.69, 9.17) is 0 Å². The van der Waals surface area contributed by atoms with Gasteiger partial charge in [0.2, 0.25) is 5.91 Å². The van der Waals surface area contributed by atoms with E-state index in [2.05, 4.69) is 41.6 Å². The number of amides is 1. The number of fused-ring (bicyclic) bond motifs is 2. The zero-order chi connectivity index (χ0) is 16.5. The summed E-state index contributed by atoms with van der Waals surface area (Å²) in [5.74, 6) is 3.06. The Balaban J connectivity index is 1.31. The molecule has 3 atom stereocenters. The van der Waals surface area contributed by atoms with Gasteiger partial charge in [0.1, 0.15) is 0 Å². The lowest BCUT2D eigenvalue weighted by Gasteiger charge is -2.20. The van der Waals surface area contributed by atoms with Crippen LogP contribution in [0.2, 0.25) is 0 Å². The highest BCUT2D eigenvalue weighted by Gasteiger charge is 2.40. The second-order valence-electron chi connectivity index (χ2n) is 7.57. The van der Waals surface area contributed by atoms with Crippen LogP contribution in [0.15, 0.2) is 36.5 Å². The number of aromatic nitrogens is 2. The normalized spacial score (nSPS) is 25.1. The van der Waals surface area contributed by atoms with Gasteiger partial charge in [0.15, 0.2) is 5.82 Å². The molecular formula is C20H25N3O. The summed E-state index contributed by atoms with van der Waals surface area (Å²) in [6.07, 6.45) is 7.89. The molecule has 126 valence electrons. The second kappa shape index (κ2) is 6.42. The third-order valence-electron chi connectivity index (χ3n) is 5.71. The fourth-order valence-electron chi connectivity index (χ4n) is 4.46. The Morgan fingerprint density at radius 2 is 2.04 bits per heavy atom. The maximum atomic E-state index is 12.3. The summed E-state index contributed by atoms with van der Waals surface area (Å²) in [6.45, 7) is 2.81. The van der Waals surface area contributed by atoms with Gasteiger partial charge in [-0.05, 0) is 49.5 Å². The van der Waals surface area contributed by atoms with Gasteiger partial charge in [-0.15, -0.1) is 0 Å².